The molecule has 1 aromatic carbocycles. The lowest BCUT2D eigenvalue weighted by Gasteiger charge is -2.13. The number of sulfonamides is 1. The van der Waals surface area contributed by atoms with Crippen molar-refractivity contribution >= 4 is 69.2 Å². The van der Waals surface area contributed by atoms with Gasteiger partial charge in [0.25, 0.3) is 10.0 Å². The number of hydrogen-bond donors (Lipinski definition) is 2. The van der Waals surface area contributed by atoms with Gasteiger partial charge in [0.15, 0.2) is 0 Å². The molecule has 0 spiro atoms. The Bertz CT molecular complexity index is 742. The molecule has 106 valence electrons. The Kier molecular flexibility index (Phi) is 4.73. The highest BCUT2D eigenvalue weighted by molar-refractivity contribution is 9.11. The molecule has 1 heterocycles. The van der Waals surface area contributed by atoms with Crippen LogP contribution in [0.1, 0.15) is 0 Å². The number of halogens is 3. The predicted molar refractivity (Wildman–Crippen MR) is 89.0 cm³/mol. The molecule has 0 aliphatic carbocycles. The van der Waals surface area contributed by atoms with Crippen molar-refractivity contribution in [1.82, 2.24) is 4.98 Å². The molecule has 20 heavy (non-hydrogen) atoms. The van der Waals surface area contributed by atoms with Crippen molar-refractivity contribution in [1.29, 1.82) is 0 Å². The van der Waals surface area contributed by atoms with Crippen molar-refractivity contribution in [3.05, 3.63) is 44.0 Å². The number of nitrogens with zero attached hydrogens (tertiary/aromatic N) is 1. The van der Waals surface area contributed by atoms with Crippen molar-refractivity contribution in [2.45, 2.75) is 4.90 Å². The maximum atomic E-state index is 12.4. The Morgan fingerprint density at radius 2 is 1.85 bits per heavy atom. The van der Waals surface area contributed by atoms with Crippen molar-refractivity contribution in [2.75, 3.05) is 10.5 Å². The lowest BCUT2D eigenvalue weighted by molar-refractivity contribution is 0.601. The number of aromatic nitrogens is 1. The van der Waals surface area contributed by atoms with Gasteiger partial charge in [-0.3, -0.25) is 9.71 Å². The van der Waals surface area contributed by atoms with Gasteiger partial charge >= 0.3 is 0 Å². The third kappa shape index (κ3) is 3.33. The highest BCUT2D eigenvalue weighted by atomic mass is 79.9. The molecule has 0 atom stereocenters. The van der Waals surface area contributed by atoms with E-state index in [0.29, 0.717) is 19.1 Å². The van der Waals surface area contributed by atoms with Crippen LogP contribution in [0.4, 0.5) is 11.4 Å². The summed E-state index contributed by atoms with van der Waals surface area (Å²) in [7, 11) is -3.81. The molecule has 0 fully saturated rings. The topological polar surface area (TPSA) is 85.1 Å². The zero-order valence-electron chi connectivity index (χ0n) is 9.77. The summed E-state index contributed by atoms with van der Waals surface area (Å²) in [5.41, 5.74) is 6.32. The summed E-state index contributed by atoms with van der Waals surface area (Å²) in [5, 5.41) is 0. The summed E-state index contributed by atoms with van der Waals surface area (Å²) in [6.07, 6.45) is 2.99. The van der Waals surface area contributed by atoms with Crippen molar-refractivity contribution in [3.8, 4) is 0 Å². The largest absolute Gasteiger partial charge is 0.398 e. The van der Waals surface area contributed by atoms with E-state index >= 15 is 0 Å². The highest BCUT2D eigenvalue weighted by Crippen LogP contribution is 2.33. The molecule has 5 nitrogen and oxygen atoms in total. The Morgan fingerprint density at radius 3 is 2.45 bits per heavy atom. The van der Waals surface area contributed by atoms with Crippen LogP contribution in [0.25, 0.3) is 0 Å². The second-order valence-corrected chi connectivity index (χ2v) is 8.01. The van der Waals surface area contributed by atoms with Gasteiger partial charge in [0, 0.05) is 21.3 Å². The van der Waals surface area contributed by atoms with Gasteiger partial charge in [-0.1, -0.05) is 15.9 Å². The number of hydrogen-bond acceptors (Lipinski definition) is 4. The number of benzene rings is 1. The summed E-state index contributed by atoms with van der Waals surface area (Å²) in [6.45, 7) is 0. The van der Waals surface area contributed by atoms with Crippen molar-refractivity contribution in [3.63, 3.8) is 0 Å². The smallest absolute Gasteiger partial charge is 0.265 e. The number of pyridine rings is 1. The van der Waals surface area contributed by atoms with Crippen LogP contribution < -0.4 is 10.5 Å². The van der Waals surface area contributed by atoms with Crippen LogP contribution in [0.2, 0.25) is 0 Å². The zero-order valence-corrected chi connectivity index (χ0v) is 15.3. The first kappa shape index (κ1) is 15.7. The number of anilines is 2. The molecule has 0 aliphatic heterocycles. The minimum Gasteiger partial charge on any atom is -0.398 e. The van der Waals surface area contributed by atoms with E-state index in [1.165, 1.54) is 18.5 Å². The van der Waals surface area contributed by atoms with E-state index < -0.39 is 10.0 Å². The SMILES string of the molecule is Nc1cc(Br)cc(Br)c1S(=O)(=O)Nc1ccncc1Br. The fourth-order valence-electron chi connectivity index (χ4n) is 1.52. The molecular formula is C11H8Br3N3O2S. The van der Waals surface area contributed by atoms with E-state index in [1.807, 2.05) is 0 Å². The van der Waals surface area contributed by atoms with Gasteiger partial charge in [-0.15, -0.1) is 0 Å². The van der Waals surface area contributed by atoms with Gasteiger partial charge in [-0.05, 0) is 50.1 Å². The zero-order chi connectivity index (χ0) is 14.9. The third-order valence-electron chi connectivity index (χ3n) is 2.32. The molecule has 3 N–H and O–H groups in total. The molecule has 9 heteroatoms. The molecule has 2 rings (SSSR count). The van der Waals surface area contributed by atoms with Crippen LogP contribution in [0.5, 0.6) is 0 Å². The Labute approximate surface area is 141 Å². The van der Waals surface area contributed by atoms with Gasteiger partial charge in [0.2, 0.25) is 0 Å². The minimum absolute atomic E-state index is 0.00980. The van der Waals surface area contributed by atoms with Crippen molar-refractivity contribution in [2.24, 2.45) is 0 Å². The third-order valence-corrected chi connectivity index (χ3v) is 5.78. The predicted octanol–water partition coefficient (Wildman–Crippen LogP) is 3.75. The molecule has 2 aromatic rings. The summed E-state index contributed by atoms with van der Waals surface area (Å²) in [5.74, 6) is 0. The molecule has 0 unspecified atom stereocenters. The molecule has 0 amide bonds. The van der Waals surface area contributed by atoms with E-state index in [9.17, 15) is 8.42 Å². The first-order valence-electron chi connectivity index (χ1n) is 5.18. The van der Waals surface area contributed by atoms with Crippen LogP contribution in [-0.2, 0) is 10.0 Å². The Morgan fingerprint density at radius 1 is 1.15 bits per heavy atom. The van der Waals surface area contributed by atoms with E-state index in [1.54, 1.807) is 12.1 Å². The Hall–Kier alpha value is -0.640. The summed E-state index contributed by atoms with van der Waals surface area (Å²) in [4.78, 5) is 3.86. The maximum absolute atomic E-state index is 12.4. The first-order chi connectivity index (χ1) is 9.31. The summed E-state index contributed by atoms with van der Waals surface area (Å²) < 4.78 is 28.9. The molecule has 0 saturated carbocycles. The number of rotatable bonds is 3. The van der Waals surface area contributed by atoms with Crippen LogP contribution in [0.3, 0.4) is 0 Å². The normalized spacial score (nSPS) is 11.3. The maximum Gasteiger partial charge on any atom is 0.265 e. The van der Waals surface area contributed by atoms with E-state index in [2.05, 4.69) is 57.5 Å². The Balaban J connectivity index is 2.50. The summed E-state index contributed by atoms with van der Waals surface area (Å²) in [6, 6.07) is 4.69. The quantitative estimate of drug-likeness (QED) is 0.648. The molecule has 0 saturated heterocycles. The van der Waals surface area contributed by atoms with Crippen molar-refractivity contribution < 1.29 is 8.42 Å². The van der Waals surface area contributed by atoms with Crippen LogP contribution in [0, 0.1) is 0 Å². The average Bonchev–Trinajstić information content (AvgIpc) is 2.30. The fourth-order valence-corrected chi connectivity index (χ4v) is 5.15. The molecule has 0 bridgehead atoms. The lowest BCUT2D eigenvalue weighted by Crippen LogP contribution is -2.16. The van der Waals surface area contributed by atoms with Gasteiger partial charge in [0.05, 0.1) is 15.8 Å². The van der Waals surface area contributed by atoms with Gasteiger partial charge in [0.1, 0.15) is 4.90 Å². The van der Waals surface area contributed by atoms with Gasteiger partial charge < -0.3 is 5.73 Å². The van der Waals surface area contributed by atoms with E-state index in [4.69, 9.17) is 5.73 Å². The minimum atomic E-state index is -3.81. The molecule has 0 radical (unpaired) electrons. The first-order valence-corrected chi connectivity index (χ1v) is 9.04. The second-order valence-electron chi connectivity index (χ2n) is 3.77. The fraction of sp³-hybridized carbons (Fsp3) is 0. The second kappa shape index (κ2) is 6.00. The van der Waals surface area contributed by atoms with Gasteiger partial charge in [-0.25, -0.2) is 8.42 Å². The summed E-state index contributed by atoms with van der Waals surface area (Å²) >= 11 is 9.69. The highest BCUT2D eigenvalue weighted by Gasteiger charge is 2.22. The lowest BCUT2D eigenvalue weighted by atomic mass is 10.3. The average molecular weight is 486 g/mol. The van der Waals surface area contributed by atoms with E-state index in [-0.39, 0.29) is 10.6 Å². The molecule has 1 aromatic heterocycles. The molecule has 0 aliphatic rings. The number of nitrogens with two attached hydrogens (primary N) is 1. The molecular weight excluding hydrogens is 478 g/mol. The van der Waals surface area contributed by atoms with Gasteiger partial charge in [-0.2, -0.15) is 0 Å². The van der Waals surface area contributed by atoms with Crippen LogP contribution in [-0.4, -0.2) is 13.4 Å². The number of nitrogens with one attached hydrogen (secondary N) is 1. The van der Waals surface area contributed by atoms with Crippen LogP contribution in [0.15, 0.2) is 48.9 Å². The number of nitrogen functional groups attached to an aromatic ring is 1. The van der Waals surface area contributed by atoms with Crippen LogP contribution >= 0.6 is 47.8 Å². The monoisotopic (exact) mass is 483 g/mol. The standard InChI is InChI=1S/C11H8Br3N3O2S/c12-6-3-7(13)11(9(15)4-6)20(18,19)17-10-1-2-16-5-8(10)14/h1-5H,15H2,(H,16,17). The van der Waals surface area contributed by atoms with E-state index in [0.717, 1.165) is 0 Å².